The van der Waals surface area contributed by atoms with Crippen molar-refractivity contribution in [3.8, 4) is 0 Å². The average molecular weight is 157 g/mol. The molecule has 1 unspecified atom stereocenters. The van der Waals surface area contributed by atoms with Crippen LogP contribution in [0.5, 0.6) is 0 Å². The van der Waals surface area contributed by atoms with Crippen LogP contribution in [0, 0.1) is 5.92 Å². The lowest BCUT2D eigenvalue weighted by Gasteiger charge is -2.29. The molecule has 0 aliphatic carbocycles. The second kappa shape index (κ2) is 4.27. The lowest BCUT2D eigenvalue weighted by molar-refractivity contribution is 0.128. The van der Waals surface area contributed by atoms with Crippen LogP contribution in [0.15, 0.2) is 12.5 Å². The highest BCUT2D eigenvalue weighted by Crippen LogP contribution is 2.12. The van der Waals surface area contributed by atoms with Gasteiger partial charge in [-0.3, -0.25) is 0 Å². The van der Waals surface area contributed by atoms with E-state index in [0.717, 1.165) is 5.88 Å². The summed E-state index contributed by atoms with van der Waals surface area (Å²) in [6.45, 7) is 10.3. The Morgan fingerprint density at radius 2 is 1.82 bits per heavy atom. The predicted octanol–water partition coefficient (Wildman–Crippen LogP) is 2.08. The molecule has 0 radical (unpaired) electrons. The second-order valence-corrected chi connectivity index (χ2v) is 3.19. The lowest BCUT2D eigenvalue weighted by Crippen LogP contribution is -2.32. The number of ether oxygens (including phenoxy) is 1. The summed E-state index contributed by atoms with van der Waals surface area (Å²) >= 11 is 0. The molecule has 0 bridgehead atoms. The van der Waals surface area contributed by atoms with E-state index in [4.69, 9.17) is 4.74 Å². The van der Waals surface area contributed by atoms with Crippen LogP contribution in [0.1, 0.15) is 20.8 Å². The first-order valence-corrected chi connectivity index (χ1v) is 3.96. The molecule has 2 heteroatoms. The zero-order valence-corrected chi connectivity index (χ0v) is 8.22. The predicted molar refractivity (Wildman–Crippen MR) is 48.2 cm³/mol. The van der Waals surface area contributed by atoms with Crippen LogP contribution < -0.4 is 0 Å². The highest BCUT2D eigenvalue weighted by Gasteiger charge is 2.13. The lowest BCUT2D eigenvalue weighted by atomic mass is 10.1. The van der Waals surface area contributed by atoms with E-state index in [1.807, 2.05) is 11.9 Å². The minimum absolute atomic E-state index is 0.474. The van der Waals surface area contributed by atoms with E-state index in [1.54, 1.807) is 7.11 Å². The molecule has 2 nitrogen and oxygen atoms in total. The van der Waals surface area contributed by atoms with Gasteiger partial charge in [0.15, 0.2) is 5.88 Å². The average Bonchev–Trinajstić information content (AvgIpc) is 2.00. The third-order valence-electron chi connectivity index (χ3n) is 2.20. The van der Waals surface area contributed by atoms with Crippen molar-refractivity contribution in [1.29, 1.82) is 0 Å². The molecule has 1 atom stereocenters. The minimum atomic E-state index is 0.474. The van der Waals surface area contributed by atoms with Gasteiger partial charge in [-0.05, 0) is 19.4 Å². The van der Waals surface area contributed by atoms with Gasteiger partial charge in [0.25, 0.3) is 0 Å². The zero-order chi connectivity index (χ0) is 9.02. The first-order valence-electron chi connectivity index (χ1n) is 3.96. The van der Waals surface area contributed by atoms with Crippen LogP contribution in [0.25, 0.3) is 0 Å². The molecule has 0 aromatic heterocycles. The van der Waals surface area contributed by atoms with Crippen molar-refractivity contribution in [1.82, 2.24) is 4.90 Å². The van der Waals surface area contributed by atoms with Gasteiger partial charge in [-0.25, -0.2) is 0 Å². The summed E-state index contributed by atoms with van der Waals surface area (Å²) in [5.41, 5.74) is 0. The monoisotopic (exact) mass is 157 g/mol. The van der Waals surface area contributed by atoms with Gasteiger partial charge in [0.05, 0.1) is 7.11 Å². The van der Waals surface area contributed by atoms with Crippen LogP contribution in [-0.2, 0) is 4.74 Å². The molecular formula is C9H19NO. The van der Waals surface area contributed by atoms with Gasteiger partial charge in [0.1, 0.15) is 0 Å². The maximum Gasteiger partial charge on any atom is 0.181 e. The number of methoxy groups -OCH3 is 1. The third-order valence-corrected chi connectivity index (χ3v) is 2.20. The number of hydrogen-bond acceptors (Lipinski definition) is 2. The summed E-state index contributed by atoms with van der Waals surface area (Å²) in [4.78, 5) is 2.05. The SMILES string of the molecule is C=C(OC)N(C)C(C)C(C)C. The summed E-state index contributed by atoms with van der Waals surface area (Å²) in [6, 6.07) is 0.474. The molecule has 0 saturated heterocycles. The molecule has 0 aliphatic heterocycles. The van der Waals surface area contributed by atoms with Crippen molar-refractivity contribution in [2.75, 3.05) is 14.2 Å². The Hall–Kier alpha value is -0.660. The summed E-state index contributed by atoms with van der Waals surface area (Å²) in [7, 11) is 3.64. The largest absolute Gasteiger partial charge is 0.483 e. The first-order chi connectivity index (χ1) is 5.00. The van der Waals surface area contributed by atoms with E-state index in [2.05, 4.69) is 27.4 Å². The van der Waals surface area contributed by atoms with Crippen molar-refractivity contribution >= 4 is 0 Å². The van der Waals surface area contributed by atoms with E-state index in [0.29, 0.717) is 12.0 Å². The fraction of sp³-hybridized carbons (Fsp3) is 0.778. The van der Waals surface area contributed by atoms with Crippen LogP contribution in [0.3, 0.4) is 0 Å². The highest BCUT2D eigenvalue weighted by molar-refractivity contribution is 4.84. The molecular weight excluding hydrogens is 138 g/mol. The van der Waals surface area contributed by atoms with E-state index in [9.17, 15) is 0 Å². The van der Waals surface area contributed by atoms with Gasteiger partial charge >= 0.3 is 0 Å². The molecule has 0 aromatic rings. The topological polar surface area (TPSA) is 12.5 Å². The Kier molecular flexibility index (Phi) is 4.01. The molecule has 11 heavy (non-hydrogen) atoms. The molecule has 0 saturated carbocycles. The molecule has 0 rings (SSSR count). The third kappa shape index (κ3) is 2.83. The Bertz CT molecular complexity index is 132. The Balaban J connectivity index is 4.01. The molecule has 0 aliphatic rings. The number of rotatable bonds is 4. The molecule has 0 spiro atoms. The van der Waals surface area contributed by atoms with E-state index in [-0.39, 0.29) is 0 Å². The van der Waals surface area contributed by atoms with Crippen LogP contribution >= 0.6 is 0 Å². The summed E-state index contributed by atoms with van der Waals surface area (Å²) in [6.07, 6.45) is 0. The summed E-state index contributed by atoms with van der Waals surface area (Å²) < 4.78 is 5.01. The van der Waals surface area contributed by atoms with Gasteiger partial charge in [-0.15, -0.1) is 0 Å². The maximum absolute atomic E-state index is 5.01. The van der Waals surface area contributed by atoms with Crippen molar-refractivity contribution < 1.29 is 4.74 Å². The fourth-order valence-electron chi connectivity index (χ4n) is 0.818. The van der Waals surface area contributed by atoms with Gasteiger partial charge < -0.3 is 9.64 Å². The normalized spacial score (nSPS) is 12.9. The second-order valence-electron chi connectivity index (χ2n) is 3.19. The molecule has 0 fully saturated rings. The Morgan fingerprint density at radius 1 is 1.36 bits per heavy atom. The van der Waals surface area contributed by atoms with E-state index >= 15 is 0 Å². The highest BCUT2D eigenvalue weighted by atomic mass is 16.5. The zero-order valence-electron chi connectivity index (χ0n) is 8.22. The summed E-state index contributed by atoms with van der Waals surface area (Å²) in [5, 5.41) is 0. The van der Waals surface area contributed by atoms with Crippen LogP contribution in [-0.4, -0.2) is 25.1 Å². The van der Waals surface area contributed by atoms with Gasteiger partial charge in [0, 0.05) is 13.1 Å². The van der Waals surface area contributed by atoms with Crippen molar-refractivity contribution in [2.45, 2.75) is 26.8 Å². The smallest absolute Gasteiger partial charge is 0.181 e. The van der Waals surface area contributed by atoms with Crippen LogP contribution in [0.4, 0.5) is 0 Å². The quantitative estimate of drug-likeness (QED) is 0.579. The Labute approximate surface area is 69.8 Å². The van der Waals surface area contributed by atoms with E-state index < -0.39 is 0 Å². The van der Waals surface area contributed by atoms with Gasteiger partial charge in [0.2, 0.25) is 0 Å². The van der Waals surface area contributed by atoms with Gasteiger partial charge in [-0.1, -0.05) is 13.8 Å². The standard InChI is InChI=1S/C9H19NO/c1-7(2)8(3)10(5)9(4)11-6/h7-8H,4H2,1-3,5-6H3. The number of hydrogen-bond donors (Lipinski definition) is 0. The molecule has 0 aromatic carbocycles. The Morgan fingerprint density at radius 3 is 2.09 bits per heavy atom. The van der Waals surface area contributed by atoms with Crippen molar-refractivity contribution in [3.05, 3.63) is 12.5 Å². The van der Waals surface area contributed by atoms with E-state index in [1.165, 1.54) is 0 Å². The summed E-state index contributed by atoms with van der Waals surface area (Å²) in [5.74, 6) is 1.35. The van der Waals surface area contributed by atoms with Crippen LogP contribution in [0.2, 0.25) is 0 Å². The van der Waals surface area contributed by atoms with Gasteiger partial charge in [-0.2, -0.15) is 0 Å². The van der Waals surface area contributed by atoms with Crippen molar-refractivity contribution in [3.63, 3.8) is 0 Å². The molecule has 66 valence electrons. The molecule has 0 heterocycles. The maximum atomic E-state index is 5.01. The molecule has 0 N–H and O–H groups in total. The number of nitrogens with zero attached hydrogens (tertiary/aromatic N) is 1. The minimum Gasteiger partial charge on any atom is -0.483 e. The first kappa shape index (κ1) is 10.3. The fourth-order valence-corrected chi connectivity index (χ4v) is 0.818. The van der Waals surface area contributed by atoms with Crippen molar-refractivity contribution in [2.24, 2.45) is 5.92 Å². The molecule has 0 amide bonds.